The third-order valence-electron chi connectivity index (χ3n) is 4.92. The number of hydrogen-bond donors (Lipinski definition) is 1. The second-order valence-electron chi connectivity index (χ2n) is 6.32. The summed E-state index contributed by atoms with van der Waals surface area (Å²) in [5.74, 6) is 0.848. The van der Waals surface area contributed by atoms with Crippen LogP contribution < -0.4 is 5.73 Å². The SMILES string of the molecule is COC1CCCC(CN)(N(C)CCOCC2CC2)C1. The lowest BCUT2D eigenvalue weighted by Gasteiger charge is -2.46. The van der Waals surface area contributed by atoms with Gasteiger partial charge in [-0.2, -0.15) is 0 Å². The van der Waals surface area contributed by atoms with Gasteiger partial charge in [0.1, 0.15) is 0 Å². The maximum atomic E-state index is 6.08. The second-order valence-corrected chi connectivity index (χ2v) is 6.32. The van der Waals surface area contributed by atoms with Gasteiger partial charge in [-0.1, -0.05) is 0 Å². The van der Waals surface area contributed by atoms with Crippen LogP contribution in [0.15, 0.2) is 0 Å². The van der Waals surface area contributed by atoms with E-state index in [9.17, 15) is 0 Å². The van der Waals surface area contributed by atoms with Gasteiger partial charge >= 0.3 is 0 Å². The van der Waals surface area contributed by atoms with Crippen LogP contribution in [0.5, 0.6) is 0 Å². The highest BCUT2D eigenvalue weighted by Crippen LogP contribution is 2.33. The largest absolute Gasteiger partial charge is 0.381 e. The lowest BCUT2D eigenvalue weighted by molar-refractivity contribution is -0.0217. The molecule has 2 aliphatic rings. The summed E-state index contributed by atoms with van der Waals surface area (Å²) in [5.41, 5.74) is 6.19. The maximum absolute atomic E-state index is 6.08. The van der Waals surface area contributed by atoms with Crippen molar-refractivity contribution in [3.8, 4) is 0 Å². The van der Waals surface area contributed by atoms with Gasteiger partial charge in [-0.25, -0.2) is 0 Å². The normalized spacial score (nSPS) is 31.9. The van der Waals surface area contributed by atoms with E-state index in [1.165, 1.54) is 32.1 Å². The number of nitrogens with zero attached hydrogens (tertiary/aromatic N) is 1. The summed E-state index contributed by atoms with van der Waals surface area (Å²) in [6, 6.07) is 0. The molecule has 0 heterocycles. The van der Waals surface area contributed by atoms with Gasteiger partial charge in [-0.15, -0.1) is 0 Å². The van der Waals surface area contributed by atoms with Crippen LogP contribution in [0.1, 0.15) is 38.5 Å². The zero-order chi connectivity index (χ0) is 13.7. The lowest BCUT2D eigenvalue weighted by atomic mass is 9.79. The van der Waals surface area contributed by atoms with E-state index in [-0.39, 0.29) is 5.54 Å². The van der Waals surface area contributed by atoms with Crippen molar-refractivity contribution in [2.45, 2.75) is 50.2 Å². The van der Waals surface area contributed by atoms with E-state index in [1.54, 1.807) is 0 Å². The molecule has 2 fully saturated rings. The minimum atomic E-state index is 0.113. The molecule has 0 aromatic rings. The first-order valence-electron chi connectivity index (χ1n) is 7.72. The second kappa shape index (κ2) is 7.02. The highest BCUT2D eigenvalue weighted by atomic mass is 16.5. The summed E-state index contributed by atoms with van der Waals surface area (Å²) in [6.07, 6.45) is 7.71. The highest BCUT2D eigenvalue weighted by molar-refractivity contribution is 4.96. The van der Waals surface area contributed by atoms with Crippen LogP contribution in [-0.4, -0.2) is 57.0 Å². The predicted molar refractivity (Wildman–Crippen MR) is 77.2 cm³/mol. The third kappa shape index (κ3) is 4.15. The molecule has 2 unspecified atom stereocenters. The molecule has 0 aromatic carbocycles. The molecule has 0 amide bonds. The van der Waals surface area contributed by atoms with Crippen molar-refractivity contribution in [3.05, 3.63) is 0 Å². The smallest absolute Gasteiger partial charge is 0.0593 e. The van der Waals surface area contributed by atoms with Crippen LogP contribution in [-0.2, 0) is 9.47 Å². The minimum Gasteiger partial charge on any atom is -0.381 e. The average Bonchev–Trinajstić information content (AvgIpc) is 3.27. The van der Waals surface area contributed by atoms with E-state index >= 15 is 0 Å². The molecule has 0 aliphatic heterocycles. The Hall–Kier alpha value is -0.160. The van der Waals surface area contributed by atoms with Crippen molar-refractivity contribution in [3.63, 3.8) is 0 Å². The third-order valence-corrected chi connectivity index (χ3v) is 4.92. The molecule has 4 heteroatoms. The van der Waals surface area contributed by atoms with Crippen LogP contribution in [0.4, 0.5) is 0 Å². The van der Waals surface area contributed by atoms with Crippen LogP contribution in [0.3, 0.4) is 0 Å². The molecule has 0 radical (unpaired) electrons. The van der Waals surface area contributed by atoms with Gasteiger partial charge in [0.15, 0.2) is 0 Å². The summed E-state index contributed by atoms with van der Waals surface area (Å²) in [5, 5.41) is 0. The molecular weight excluding hydrogens is 240 g/mol. The summed E-state index contributed by atoms with van der Waals surface area (Å²) in [6.45, 7) is 3.46. The quantitative estimate of drug-likeness (QED) is 0.681. The lowest BCUT2D eigenvalue weighted by Crippen LogP contribution is -2.56. The van der Waals surface area contributed by atoms with Crippen LogP contribution >= 0.6 is 0 Å². The van der Waals surface area contributed by atoms with Crippen molar-refractivity contribution in [2.24, 2.45) is 11.7 Å². The van der Waals surface area contributed by atoms with E-state index in [2.05, 4.69) is 11.9 Å². The Morgan fingerprint density at radius 2 is 2.11 bits per heavy atom. The monoisotopic (exact) mass is 270 g/mol. The standard InChI is InChI=1S/C15H30N2O2/c1-17(8-9-19-11-13-5-6-13)15(12-16)7-3-4-14(10-15)18-2/h13-14H,3-12,16H2,1-2H3. The van der Waals surface area contributed by atoms with Crippen molar-refractivity contribution in [1.82, 2.24) is 4.90 Å². The van der Waals surface area contributed by atoms with E-state index in [0.717, 1.165) is 32.1 Å². The molecular formula is C15H30N2O2. The first-order chi connectivity index (χ1) is 9.20. The molecule has 4 nitrogen and oxygen atoms in total. The minimum absolute atomic E-state index is 0.113. The number of likely N-dealkylation sites (N-methyl/N-ethyl adjacent to an activating group) is 1. The number of methoxy groups -OCH3 is 1. The van der Waals surface area contributed by atoms with Gasteiger partial charge in [0.2, 0.25) is 0 Å². The molecule has 19 heavy (non-hydrogen) atoms. The zero-order valence-corrected chi connectivity index (χ0v) is 12.6. The predicted octanol–water partition coefficient (Wildman–Crippen LogP) is 1.63. The van der Waals surface area contributed by atoms with E-state index in [1.807, 2.05) is 7.11 Å². The summed E-state index contributed by atoms with van der Waals surface area (Å²) < 4.78 is 11.3. The number of ether oxygens (including phenoxy) is 2. The van der Waals surface area contributed by atoms with Crippen molar-refractivity contribution < 1.29 is 9.47 Å². The topological polar surface area (TPSA) is 47.7 Å². The van der Waals surface area contributed by atoms with E-state index < -0.39 is 0 Å². The highest BCUT2D eigenvalue weighted by Gasteiger charge is 2.38. The van der Waals surface area contributed by atoms with Gasteiger partial charge in [0.25, 0.3) is 0 Å². The number of rotatable bonds is 8. The van der Waals surface area contributed by atoms with Crippen molar-refractivity contribution in [2.75, 3.05) is 40.5 Å². The average molecular weight is 270 g/mol. The summed E-state index contributed by atoms with van der Waals surface area (Å²) in [7, 11) is 4.00. The molecule has 2 saturated carbocycles. The molecule has 0 aromatic heterocycles. The zero-order valence-electron chi connectivity index (χ0n) is 12.6. The van der Waals surface area contributed by atoms with Gasteiger partial charge in [0.05, 0.1) is 12.7 Å². The Morgan fingerprint density at radius 3 is 2.74 bits per heavy atom. The Kier molecular flexibility index (Phi) is 5.63. The Bertz CT molecular complexity index is 271. The number of hydrogen-bond acceptors (Lipinski definition) is 4. The van der Waals surface area contributed by atoms with Crippen LogP contribution in [0.25, 0.3) is 0 Å². The van der Waals surface area contributed by atoms with Gasteiger partial charge in [-0.05, 0) is 51.5 Å². The summed E-state index contributed by atoms with van der Waals surface area (Å²) >= 11 is 0. The van der Waals surface area contributed by atoms with Gasteiger partial charge in [0, 0.05) is 32.3 Å². The first-order valence-corrected chi connectivity index (χ1v) is 7.72. The molecule has 2 rings (SSSR count). The number of nitrogens with two attached hydrogens (primary N) is 1. The van der Waals surface area contributed by atoms with E-state index in [4.69, 9.17) is 15.2 Å². The molecule has 0 bridgehead atoms. The van der Waals surface area contributed by atoms with Gasteiger partial charge in [-0.3, -0.25) is 4.90 Å². The molecule has 2 aliphatic carbocycles. The molecule has 2 N–H and O–H groups in total. The molecule has 2 atom stereocenters. The first kappa shape index (κ1) is 15.2. The van der Waals surface area contributed by atoms with Gasteiger partial charge < -0.3 is 15.2 Å². The van der Waals surface area contributed by atoms with Crippen molar-refractivity contribution >= 4 is 0 Å². The summed E-state index contributed by atoms with van der Waals surface area (Å²) in [4.78, 5) is 2.41. The van der Waals surface area contributed by atoms with Crippen molar-refractivity contribution in [1.29, 1.82) is 0 Å². The van der Waals surface area contributed by atoms with E-state index in [0.29, 0.717) is 12.6 Å². The fourth-order valence-corrected chi connectivity index (χ4v) is 3.15. The fraction of sp³-hybridized carbons (Fsp3) is 1.00. The molecule has 0 spiro atoms. The van der Waals surface area contributed by atoms with Crippen LogP contribution in [0.2, 0.25) is 0 Å². The molecule has 0 saturated heterocycles. The van der Waals surface area contributed by atoms with Crippen LogP contribution in [0, 0.1) is 5.92 Å². The Labute approximate surface area is 117 Å². The fourth-order valence-electron chi connectivity index (χ4n) is 3.15. The Balaban J connectivity index is 1.76. The Morgan fingerprint density at radius 1 is 1.32 bits per heavy atom. The maximum Gasteiger partial charge on any atom is 0.0593 e. The molecule has 112 valence electrons.